The number of anilines is 1. The maximum absolute atomic E-state index is 13.4. The van der Waals surface area contributed by atoms with Crippen molar-refractivity contribution in [1.29, 1.82) is 0 Å². The van der Waals surface area contributed by atoms with Crippen molar-refractivity contribution in [2.24, 2.45) is 11.8 Å². The predicted molar refractivity (Wildman–Crippen MR) is 127 cm³/mol. The average Bonchev–Trinajstić information content (AvgIpc) is 3.12. The molecule has 0 spiro atoms. The summed E-state index contributed by atoms with van der Waals surface area (Å²) in [5.41, 5.74) is 3.16. The summed E-state index contributed by atoms with van der Waals surface area (Å²) < 4.78 is 37.8. The van der Waals surface area contributed by atoms with Gasteiger partial charge in [-0.3, -0.25) is 5.32 Å². The number of piperidine rings is 1. The minimum absolute atomic E-state index is 0.0437. The number of amides is 2. The number of nitrogens with zero attached hydrogens (tertiary/aromatic N) is 2. The van der Waals surface area contributed by atoms with E-state index >= 15 is 0 Å². The van der Waals surface area contributed by atoms with Crippen molar-refractivity contribution in [3.05, 3.63) is 46.7 Å². The summed E-state index contributed by atoms with van der Waals surface area (Å²) >= 11 is 0. The number of alkyl halides is 2. The largest absolute Gasteiger partial charge is 0.493 e. The van der Waals surface area contributed by atoms with Gasteiger partial charge in [0.15, 0.2) is 5.82 Å². The minimum Gasteiger partial charge on any atom is -0.493 e. The molecule has 0 bridgehead atoms. The lowest BCUT2D eigenvalue weighted by Crippen LogP contribution is -2.42. The van der Waals surface area contributed by atoms with Crippen molar-refractivity contribution in [1.82, 2.24) is 10.1 Å². The Labute approximate surface area is 199 Å². The van der Waals surface area contributed by atoms with Gasteiger partial charge in [-0.2, -0.15) is 0 Å². The standard InChI is InChI=1S/C26H33F2N3O3/c1-17-15-31(25(32)29-24-18(2)19(3)34-30-24)12-9-22(17)13-21-5-4-6-23(14-21)33-16-20-7-10-26(27,28)11-8-20/h4-6,13-14,17,20H,7-12,15-16H2,1-3H3,(H,29,30,32). The molecule has 2 heterocycles. The number of aromatic nitrogens is 1. The number of likely N-dealkylation sites (tertiary alicyclic amines) is 1. The number of hydrogen-bond acceptors (Lipinski definition) is 4. The lowest BCUT2D eigenvalue weighted by molar-refractivity contribution is -0.0498. The van der Waals surface area contributed by atoms with Gasteiger partial charge in [-0.15, -0.1) is 0 Å². The van der Waals surface area contributed by atoms with Gasteiger partial charge in [-0.05, 0) is 62.6 Å². The van der Waals surface area contributed by atoms with Crippen LogP contribution in [0.15, 0.2) is 34.4 Å². The lowest BCUT2D eigenvalue weighted by Gasteiger charge is -2.33. The van der Waals surface area contributed by atoms with Crippen LogP contribution in [0.25, 0.3) is 6.08 Å². The molecule has 1 atom stereocenters. The summed E-state index contributed by atoms with van der Waals surface area (Å²) in [6, 6.07) is 7.71. The van der Waals surface area contributed by atoms with Gasteiger partial charge < -0.3 is 14.2 Å². The second-order valence-electron chi connectivity index (χ2n) is 9.64. The summed E-state index contributed by atoms with van der Waals surface area (Å²) in [6.07, 6.45) is 3.88. The SMILES string of the molecule is Cc1onc(NC(=O)N2CCC(=Cc3cccc(OCC4CCC(F)(F)CC4)c3)C(C)C2)c1C. The van der Waals surface area contributed by atoms with Gasteiger partial charge in [0.05, 0.1) is 6.61 Å². The molecular weight excluding hydrogens is 440 g/mol. The fraction of sp³-hybridized carbons (Fsp3) is 0.538. The lowest BCUT2D eigenvalue weighted by atomic mass is 9.87. The van der Waals surface area contributed by atoms with E-state index in [2.05, 4.69) is 23.5 Å². The molecule has 2 aromatic rings. The highest BCUT2D eigenvalue weighted by atomic mass is 19.3. The first-order valence-electron chi connectivity index (χ1n) is 12.0. The van der Waals surface area contributed by atoms with Gasteiger partial charge >= 0.3 is 6.03 Å². The molecule has 1 aromatic carbocycles. The molecule has 1 aliphatic heterocycles. The average molecular weight is 474 g/mol. The first-order valence-corrected chi connectivity index (χ1v) is 12.0. The Kier molecular flexibility index (Phi) is 7.24. The zero-order chi connectivity index (χ0) is 24.3. The fourth-order valence-electron chi connectivity index (χ4n) is 4.55. The number of halogens is 2. The molecule has 1 aromatic heterocycles. The molecule has 4 rings (SSSR count). The van der Waals surface area contributed by atoms with Gasteiger partial charge in [0.25, 0.3) is 0 Å². The van der Waals surface area contributed by atoms with E-state index in [1.54, 1.807) is 4.90 Å². The summed E-state index contributed by atoms with van der Waals surface area (Å²) in [5.74, 6) is -0.192. The van der Waals surface area contributed by atoms with E-state index in [4.69, 9.17) is 9.26 Å². The smallest absolute Gasteiger partial charge is 0.323 e. The van der Waals surface area contributed by atoms with Crippen LogP contribution in [-0.2, 0) is 0 Å². The van der Waals surface area contributed by atoms with E-state index in [0.29, 0.717) is 44.1 Å². The Morgan fingerprint density at radius 3 is 2.76 bits per heavy atom. The van der Waals surface area contributed by atoms with Crippen LogP contribution in [0.1, 0.15) is 55.9 Å². The van der Waals surface area contributed by atoms with Crippen molar-refractivity contribution in [2.45, 2.75) is 58.8 Å². The van der Waals surface area contributed by atoms with Crippen molar-refractivity contribution in [3.63, 3.8) is 0 Å². The maximum atomic E-state index is 13.4. The highest BCUT2D eigenvalue weighted by Gasteiger charge is 2.35. The first-order chi connectivity index (χ1) is 16.2. The Hall–Kier alpha value is -2.90. The molecular formula is C26H33F2N3O3. The van der Waals surface area contributed by atoms with Crippen molar-refractivity contribution >= 4 is 17.9 Å². The number of urea groups is 1. The molecule has 1 aliphatic carbocycles. The third kappa shape index (κ3) is 5.96. The number of aryl methyl sites for hydroxylation is 1. The second-order valence-corrected chi connectivity index (χ2v) is 9.64. The Morgan fingerprint density at radius 2 is 2.09 bits per heavy atom. The van der Waals surface area contributed by atoms with Crippen LogP contribution in [-0.4, -0.2) is 41.7 Å². The number of ether oxygens (including phenoxy) is 1. The highest BCUT2D eigenvalue weighted by molar-refractivity contribution is 5.89. The van der Waals surface area contributed by atoms with E-state index < -0.39 is 5.92 Å². The molecule has 1 unspecified atom stereocenters. The molecule has 1 N–H and O–H groups in total. The number of carbonyl (C=O) groups excluding carboxylic acids is 1. The van der Waals surface area contributed by atoms with Gasteiger partial charge in [0.1, 0.15) is 11.5 Å². The maximum Gasteiger partial charge on any atom is 0.323 e. The molecule has 2 aliphatic rings. The van der Waals surface area contributed by atoms with Gasteiger partial charge in [-0.25, -0.2) is 13.6 Å². The topological polar surface area (TPSA) is 67.6 Å². The summed E-state index contributed by atoms with van der Waals surface area (Å²) in [7, 11) is 0. The quantitative estimate of drug-likeness (QED) is 0.542. The van der Waals surface area contributed by atoms with Crippen molar-refractivity contribution in [3.8, 4) is 5.75 Å². The molecule has 34 heavy (non-hydrogen) atoms. The fourth-order valence-corrected chi connectivity index (χ4v) is 4.55. The van der Waals surface area contributed by atoms with Crippen LogP contribution in [0.5, 0.6) is 5.75 Å². The third-order valence-electron chi connectivity index (χ3n) is 7.00. The Balaban J connectivity index is 1.31. The van der Waals surface area contributed by atoms with Gasteiger partial charge in [0, 0.05) is 31.5 Å². The van der Waals surface area contributed by atoms with E-state index in [9.17, 15) is 13.6 Å². The van der Waals surface area contributed by atoms with Gasteiger partial charge in [-0.1, -0.05) is 35.9 Å². The summed E-state index contributed by atoms with van der Waals surface area (Å²) in [4.78, 5) is 14.5. The van der Waals surface area contributed by atoms with Crippen LogP contribution in [0, 0.1) is 25.7 Å². The van der Waals surface area contributed by atoms with Crippen LogP contribution < -0.4 is 10.1 Å². The Morgan fingerprint density at radius 1 is 1.32 bits per heavy atom. The number of nitrogens with one attached hydrogen (secondary N) is 1. The van der Waals surface area contributed by atoms with Crippen LogP contribution >= 0.6 is 0 Å². The molecule has 1 saturated carbocycles. The van der Waals surface area contributed by atoms with Gasteiger partial charge in [0.2, 0.25) is 5.92 Å². The number of carbonyl (C=O) groups is 1. The zero-order valence-electron chi connectivity index (χ0n) is 20.1. The molecule has 1 saturated heterocycles. The molecule has 0 radical (unpaired) electrons. The predicted octanol–water partition coefficient (Wildman–Crippen LogP) is 6.45. The van der Waals surface area contributed by atoms with Crippen LogP contribution in [0.4, 0.5) is 19.4 Å². The number of hydrogen-bond donors (Lipinski definition) is 1. The zero-order valence-corrected chi connectivity index (χ0v) is 20.1. The number of benzene rings is 1. The Bertz CT molecular complexity index is 1040. The highest BCUT2D eigenvalue weighted by Crippen LogP contribution is 2.36. The first kappa shape index (κ1) is 24.2. The number of rotatable bonds is 5. The van der Waals surface area contributed by atoms with Crippen LogP contribution in [0.2, 0.25) is 0 Å². The molecule has 2 amide bonds. The van der Waals surface area contributed by atoms with E-state index in [1.165, 1.54) is 5.57 Å². The molecule has 8 heteroatoms. The van der Waals surface area contributed by atoms with Crippen LogP contribution in [0.3, 0.4) is 0 Å². The monoisotopic (exact) mass is 473 g/mol. The second kappa shape index (κ2) is 10.2. The molecule has 6 nitrogen and oxygen atoms in total. The summed E-state index contributed by atoms with van der Waals surface area (Å²) in [6.45, 7) is 7.52. The third-order valence-corrected chi connectivity index (χ3v) is 7.00. The van der Waals surface area contributed by atoms with Crippen molar-refractivity contribution in [2.75, 3.05) is 25.0 Å². The molecule has 184 valence electrons. The summed E-state index contributed by atoms with van der Waals surface area (Å²) in [5, 5.41) is 6.75. The van der Waals surface area contributed by atoms with Crippen molar-refractivity contribution < 1.29 is 22.8 Å². The normalized spacial score (nSPS) is 22.1. The van der Waals surface area contributed by atoms with E-state index in [1.807, 2.05) is 38.1 Å². The van der Waals surface area contributed by atoms with E-state index in [0.717, 1.165) is 23.3 Å². The van der Waals surface area contributed by atoms with E-state index in [-0.39, 0.29) is 30.7 Å². The minimum atomic E-state index is -2.51. The molecule has 2 fully saturated rings.